The zero-order valence-corrected chi connectivity index (χ0v) is 8.69. The van der Waals surface area contributed by atoms with E-state index in [-0.39, 0.29) is 0 Å². The highest BCUT2D eigenvalue weighted by atomic mass is 16.5. The lowest BCUT2D eigenvalue weighted by molar-refractivity contribution is 0.451. The van der Waals surface area contributed by atoms with Gasteiger partial charge in [0.05, 0.1) is 0 Å². The summed E-state index contributed by atoms with van der Waals surface area (Å²) in [5, 5.41) is 7.44. The first-order valence-corrected chi connectivity index (χ1v) is 4.70. The fourth-order valence-corrected chi connectivity index (χ4v) is 1.33. The molecule has 3 heteroatoms. The highest BCUT2D eigenvalue weighted by molar-refractivity contribution is 5.37. The number of nitrogens with zero attached hydrogens (tertiary/aromatic N) is 2. The number of hydrogen-bond acceptors (Lipinski definition) is 3. The van der Waals surface area contributed by atoms with Crippen LogP contribution in [0, 0.1) is 20.0 Å². The summed E-state index contributed by atoms with van der Waals surface area (Å²) in [5.74, 6) is 1.29. The Morgan fingerprint density at radius 3 is 2.73 bits per heavy atom. The lowest BCUT2D eigenvalue weighted by atomic mass is 10.1. The maximum atomic E-state index is 5.57. The largest absolute Gasteiger partial charge is 0.437 e. The average Bonchev–Trinajstić information content (AvgIpc) is 2.24. The Balaban J connectivity index is 2.25. The van der Waals surface area contributed by atoms with Crippen molar-refractivity contribution in [1.29, 1.82) is 0 Å². The first-order valence-electron chi connectivity index (χ1n) is 4.70. The van der Waals surface area contributed by atoms with Crippen molar-refractivity contribution >= 4 is 0 Å². The summed E-state index contributed by atoms with van der Waals surface area (Å²) in [6, 6.07) is 9.41. The van der Waals surface area contributed by atoms with Crippen molar-refractivity contribution < 1.29 is 4.74 Å². The van der Waals surface area contributed by atoms with E-state index in [2.05, 4.69) is 22.5 Å². The molecule has 3 nitrogen and oxygen atoms in total. The summed E-state index contributed by atoms with van der Waals surface area (Å²) in [6.07, 6.45) is 2.60. The second kappa shape index (κ2) is 4.09. The van der Waals surface area contributed by atoms with E-state index in [4.69, 9.17) is 4.74 Å². The minimum absolute atomic E-state index is 0.487. The summed E-state index contributed by atoms with van der Waals surface area (Å²) in [5.41, 5.74) is 2.30. The molecule has 2 aromatic rings. The molecule has 1 aromatic carbocycles. The van der Waals surface area contributed by atoms with Crippen molar-refractivity contribution in [3.63, 3.8) is 0 Å². The van der Waals surface area contributed by atoms with Crippen LogP contribution in [0.2, 0.25) is 0 Å². The van der Waals surface area contributed by atoms with Crippen LogP contribution in [0.5, 0.6) is 11.6 Å². The van der Waals surface area contributed by atoms with Gasteiger partial charge in [0, 0.05) is 6.07 Å². The molecule has 0 aliphatic heterocycles. The maximum Gasteiger partial charge on any atom is 0.238 e. The molecule has 15 heavy (non-hydrogen) atoms. The third-order valence-corrected chi connectivity index (χ3v) is 2.05. The molecule has 0 N–H and O–H groups in total. The van der Waals surface area contributed by atoms with E-state index in [0.717, 1.165) is 11.3 Å². The Labute approximate surface area is 88.7 Å². The van der Waals surface area contributed by atoms with Gasteiger partial charge in [-0.1, -0.05) is 17.7 Å². The summed E-state index contributed by atoms with van der Waals surface area (Å²) >= 11 is 0. The second-order valence-corrected chi connectivity index (χ2v) is 3.37. The van der Waals surface area contributed by atoms with Crippen molar-refractivity contribution in [3.8, 4) is 11.6 Å². The Hall–Kier alpha value is -1.90. The maximum absolute atomic E-state index is 5.57. The second-order valence-electron chi connectivity index (χ2n) is 3.37. The molecule has 0 saturated heterocycles. The highest BCUT2D eigenvalue weighted by Gasteiger charge is 2.01. The van der Waals surface area contributed by atoms with Gasteiger partial charge in [0.2, 0.25) is 5.88 Å². The standard InChI is InChI=1S/C12H11N2O/c1-9-5-6-11(10(2)8-9)15-12-4-3-7-13-14-12/h3-6,8H,1-2H3. The van der Waals surface area contributed by atoms with Gasteiger partial charge in [-0.25, -0.2) is 0 Å². The van der Waals surface area contributed by atoms with Gasteiger partial charge in [0.15, 0.2) is 0 Å². The SMILES string of the molecule is Cc1ccc(Oc2cc[c]nn2)c(C)c1. The molecular formula is C12H11N2O. The van der Waals surface area contributed by atoms with Crippen molar-refractivity contribution in [2.24, 2.45) is 0 Å². The van der Waals surface area contributed by atoms with E-state index >= 15 is 0 Å². The summed E-state index contributed by atoms with van der Waals surface area (Å²) < 4.78 is 5.57. The number of rotatable bonds is 2. The third-order valence-electron chi connectivity index (χ3n) is 2.05. The molecule has 2 rings (SSSR count). The molecule has 1 radical (unpaired) electrons. The quantitative estimate of drug-likeness (QED) is 0.745. The van der Waals surface area contributed by atoms with E-state index in [1.165, 1.54) is 5.56 Å². The van der Waals surface area contributed by atoms with Crippen LogP contribution in [0.3, 0.4) is 0 Å². The lowest BCUT2D eigenvalue weighted by Crippen LogP contribution is -1.91. The van der Waals surface area contributed by atoms with Crippen LogP contribution in [0.4, 0.5) is 0 Å². The van der Waals surface area contributed by atoms with Crippen LogP contribution in [-0.2, 0) is 0 Å². The van der Waals surface area contributed by atoms with Crippen molar-refractivity contribution in [1.82, 2.24) is 10.2 Å². The molecule has 1 heterocycles. The predicted molar refractivity (Wildman–Crippen MR) is 56.9 cm³/mol. The van der Waals surface area contributed by atoms with Gasteiger partial charge < -0.3 is 4.74 Å². The average molecular weight is 199 g/mol. The molecule has 0 aliphatic carbocycles. The molecule has 0 fully saturated rings. The molecule has 0 saturated carbocycles. The van der Waals surface area contributed by atoms with Crippen molar-refractivity contribution in [2.45, 2.75) is 13.8 Å². The normalized spacial score (nSPS) is 10.0. The van der Waals surface area contributed by atoms with Crippen LogP contribution in [0.15, 0.2) is 30.3 Å². The Morgan fingerprint density at radius 2 is 2.07 bits per heavy atom. The zero-order chi connectivity index (χ0) is 10.7. The minimum atomic E-state index is 0.487. The smallest absolute Gasteiger partial charge is 0.238 e. The summed E-state index contributed by atoms with van der Waals surface area (Å²) in [6.45, 7) is 4.05. The minimum Gasteiger partial charge on any atom is -0.437 e. The lowest BCUT2D eigenvalue weighted by Gasteiger charge is -2.07. The molecule has 0 aliphatic rings. The Bertz CT molecular complexity index is 454. The fraction of sp³-hybridized carbons (Fsp3) is 0.167. The summed E-state index contributed by atoms with van der Waals surface area (Å²) in [4.78, 5) is 0. The molecule has 0 spiro atoms. The van der Waals surface area contributed by atoms with Crippen LogP contribution < -0.4 is 4.74 Å². The first-order chi connectivity index (χ1) is 7.25. The monoisotopic (exact) mass is 199 g/mol. The highest BCUT2D eigenvalue weighted by Crippen LogP contribution is 2.23. The Kier molecular flexibility index (Phi) is 2.63. The number of benzene rings is 1. The van der Waals surface area contributed by atoms with E-state index in [0.29, 0.717) is 5.88 Å². The van der Waals surface area contributed by atoms with Crippen LogP contribution in [-0.4, -0.2) is 10.2 Å². The molecular weight excluding hydrogens is 188 g/mol. The zero-order valence-electron chi connectivity index (χ0n) is 8.69. The van der Waals surface area contributed by atoms with Gasteiger partial charge in [-0.2, -0.15) is 0 Å². The number of ether oxygens (including phenoxy) is 1. The van der Waals surface area contributed by atoms with Gasteiger partial charge in [-0.05, 0) is 31.5 Å². The molecule has 0 unspecified atom stereocenters. The number of aryl methyl sites for hydroxylation is 2. The molecule has 0 bridgehead atoms. The van der Waals surface area contributed by atoms with E-state index < -0.39 is 0 Å². The van der Waals surface area contributed by atoms with E-state index in [1.807, 2.05) is 26.0 Å². The third kappa shape index (κ3) is 2.31. The van der Waals surface area contributed by atoms with Crippen molar-refractivity contribution in [2.75, 3.05) is 0 Å². The van der Waals surface area contributed by atoms with E-state index in [9.17, 15) is 0 Å². The first kappa shape index (κ1) is 9.65. The Morgan fingerprint density at radius 1 is 1.20 bits per heavy atom. The number of hydrogen-bond donors (Lipinski definition) is 0. The predicted octanol–water partition coefficient (Wildman–Crippen LogP) is 2.69. The van der Waals surface area contributed by atoms with Gasteiger partial charge in [-0.15, -0.1) is 10.2 Å². The van der Waals surface area contributed by atoms with Gasteiger partial charge in [-0.3, -0.25) is 0 Å². The molecule has 0 atom stereocenters. The molecule has 0 amide bonds. The van der Waals surface area contributed by atoms with Gasteiger partial charge in [0.1, 0.15) is 11.9 Å². The van der Waals surface area contributed by atoms with Crippen LogP contribution >= 0.6 is 0 Å². The molecule has 75 valence electrons. The van der Waals surface area contributed by atoms with Gasteiger partial charge in [0.25, 0.3) is 0 Å². The van der Waals surface area contributed by atoms with E-state index in [1.54, 1.807) is 12.1 Å². The van der Waals surface area contributed by atoms with Gasteiger partial charge >= 0.3 is 0 Å². The summed E-state index contributed by atoms with van der Waals surface area (Å²) in [7, 11) is 0. The fourth-order valence-electron chi connectivity index (χ4n) is 1.33. The van der Waals surface area contributed by atoms with Crippen LogP contribution in [0.1, 0.15) is 11.1 Å². The number of aromatic nitrogens is 2. The van der Waals surface area contributed by atoms with Crippen molar-refractivity contribution in [3.05, 3.63) is 47.7 Å². The molecule has 1 aromatic heterocycles. The van der Waals surface area contributed by atoms with Crippen LogP contribution in [0.25, 0.3) is 0 Å². The topological polar surface area (TPSA) is 35.0 Å².